The van der Waals surface area contributed by atoms with Gasteiger partial charge in [0.1, 0.15) is 0 Å². The zero-order chi connectivity index (χ0) is 13.7. The van der Waals surface area contributed by atoms with E-state index in [4.69, 9.17) is 0 Å². The molecule has 1 aromatic heterocycles. The summed E-state index contributed by atoms with van der Waals surface area (Å²) in [5.41, 5.74) is 2.78. The molecular weight excluding hydrogens is 320 g/mol. The number of benzene rings is 1. The Morgan fingerprint density at radius 1 is 1.05 bits per heavy atom. The number of hydrogen-bond acceptors (Lipinski definition) is 3. The molecule has 0 spiro atoms. The fourth-order valence-electron chi connectivity index (χ4n) is 1.99. The highest BCUT2D eigenvalue weighted by atomic mass is 79.9. The number of nitrogens with zero attached hydrogens (tertiary/aromatic N) is 1. The molecule has 2 nitrogen and oxygen atoms in total. The predicted molar refractivity (Wildman–Crippen MR) is 86.4 cm³/mol. The van der Waals surface area contributed by atoms with Crippen molar-refractivity contribution in [2.24, 2.45) is 0 Å². The van der Waals surface area contributed by atoms with Gasteiger partial charge in [-0.15, -0.1) is 11.3 Å². The number of halogens is 1. The third kappa shape index (κ3) is 4.73. The van der Waals surface area contributed by atoms with E-state index in [1.165, 1.54) is 19.8 Å². The molecule has 4 heteroatoms. The average molecular weight is 339 g/mol. The van der Waals surface area contributed by atoms with Crippen molar-refractivity contribution in [3.05, 3.63) is 56.2 Å². The highest BCUT2D eigenvalue weighted by molar-refractivity contribution is 9.11. The molecule has 0 bridgehead atoms. The SMILES string of the molecule is CN(C)Cc1ccccc1CNCc1ccc(Br)s1. The van der Waals surface area contributed by atoms with Crippen LogP contribution in [0.15, 0.2) is 40.2 Å². The van der Waals surface area contributed by atoms with E-state index in [0.29, 0.717) is 0 Å². The molecule has 19 heavy (non-hydrogen) atoms. The van der Waals surface area contributed by atoms with E-state index in [-0.39, 0.29) is 0 Å². The van der Waals surface area contributed by atoms with Crippen LogP contribution in [0, 0.1) is 0 Å². The van der Waals surface area contributed by atoms with Gasteiger partial charge in [-0.05, 0) is 53.3 Å². The Hall–Kier alpha value is -0.680. The van der Waals surface area contributed by atoms with Crippen LogP contribution in [0.4, 0.5) is 0 Å². The Labute approximate surface area is 127 Å². The van der Waals surface area contributed by atoms with Crippen molar-refractivity contribution in [2.45, 2.75) is 19.6 Å². The fraction of sp³-hybridized carbons (Fsp3) is 0.333. The van der Waals surface area contributed by atoms with Gasteiger partial charge in [0.25, 0.3) is 0 Å². The van der Waals surface area contributed by atoms with Crippen LogP contribution in [0.3, 0.4) is 0 Å². The average Bonchev–Trinajstić information content (AvgIpc) is 2.77. The number of nitrogens with one attached hydrogen (secondary N) is 1. The summed E-state index contributed by atoms with van der Waals surface area (Å²) < 4.78 is 1.19. The van der Waals surface area contributed by atoms with Gasteiger partial charge in [-0.2, -0.15) is 0 Å². The zero-order valence-electron chi connectivity index (χ0n) is 11.3. The molecule has 2 rings (SSSR count). The lowest BCUT2D eigenvalue weighted by molar-refractivity contribution is 0.400. The summed E-state index contributed by atoms with van der Waals surface area (Å²) in [5.74, 6) is 0. The lowest BCUT2D eigenvalue weighted by atomic mass is 10.1. The summed E-state index contributed by atoms with van der Waals surface area (Å²) in [6.07, 6.45) is 0. The van der Waals surface area contributed by atoms with Crippen LogP contribution in [0.2, 0.25) is 0 Å². The lowest BCUT2D eigenvalue weighted by Gasteiger charge is -2.14. The van der Waals surface area contributed by atoms with E-state index in [9.17, 15) is 0 Å². The fourth-order valence-corrected chi connectivity index (χ4v) is 3.44. The molecule has 102 valence electrons. The maximum atomic E-state index is 3.52. The van der Waals surface area contributed by atoms with Gasteiger partial charge in [0.05, 0.1) is 3.79 Å². The minimum atomic E-state index is 0.916. The maximum absolute atomic E-state index is 3.52. The molecule has 0 atom stereocenters. The second-order valence-corrected chi connectivity index (χ2v) is 7.36. The van der Waals surface area contributed by atoms with Crippen LogP contribution in [-0.4, -0.2) is 19.0 Å². The monoisotopic (exact) mass is 338 g/mol. The first-order chi connectivity index (χ1) is 9.15. The van der Waals surface area contributed by atoms with Gasteiger partial charge in [0.15, 0.2) is 0 Å². The Bertz CT molecular complexity index is 522. The van der Waals surface area contributed by atoms with E-state index < -0.39 is 0 Å². The molecule has 1 aromatic carbocycles. The van der Waals surface area contributed by atoms with Crippen LogP contribution in [0.25, 0.3) is 0 Å². The van der Waals surface area contributed by atoms with Gasteiger partial charge < -0.3 is 10.2 Å². The molecule has 2 aromatic rings. The number of thiophene rings is 1. The normalized spacial score (nSPS) is 11.2. The van der Waals surface area contributed by atoms with E-state index in [0.717, 1.165) is 19.6 Å². The third-order valence-corrected chi connectivity index (χ3v) is 4.47. The van der Waals surface area contributed by atoms with Crippen molar-refractivity contribution < 1.29 is 0 Å². The molecule has 0 unspecified atom stereocenters. The van der Waals surface area contributed by atoms with Crippen molar-refractivity contribution in [2.75, 3.05) is 14.1 Å². The largest absolute Gasteiger partial charge is 0.308 e. The molecule has 1 N–H and O–H groups in total. The van der Waals surface area contributed by atoms with Crippen LogP contribution >= 0.6 is 27.3 Å². The predicted octanol–water partition coefficient (Wildman–Crippen LogP) is 3.86. The first-order valence-electron chi connectivity index (χ1n) is 6.31. The second-order valence-electron chi connectivity index (χ2n) is 4.82. The molecule has 0 saturated carbocycles. The summed E-state index contributed by atoms with van der Waals surface area (Å²) in [4.78, 5) is 3.56. The Morgan fingerprint density at radius 3 is 2.42 bits per heavy atom. The highest BCUT2D eigenvalue weighted by Crippen LogP contribution is 2.21. The first-order valence-corrected chi connectivity index (χ1v) is 7.92. The molecule has 0 radical (unpaired) electrons. The number of hydrogen-bond donors (Lipinski definition) is 1. The minimum absolute atomic E-state index is 0.916. The van der Waals surface area contributed by atoms with Crippen molar-refractivity contribution >= 4 is 27.3 Å². The molecule has 0 aliphatic carbocycles. The topological polar surface area (TPSA) is 15.3 Å². The van der Waals surface area contributed by atoms with E-state index in [2.05, 4.69) is 76.6 Å². The van der Waals surface area contributed by atoms with Crippen molar-refractivity contribution in [3.63, 3.8) is 0 Å². The van der Waals surface area contributed by atoms with Crippen LogP contribution in [-0.2, 0) is 19.6 Å². The highest BCUT2D eigenvalue weighted by Gasteiger charge is 2.03. The lowest BCUT2D eigenvalue weighted by Crippen LogP contribution is -2.16. The molecule has 0 fully saturated rings. The van der Waals surface area contributed by atoms with Gasteiger partial charge in [0.2, 0.25) is 0 Å². The van der Waals surface area contributed by atoms with Crippen LogP contribution < -0.4 is 5.32 Å². The summed E-state index contributed by atoms with van der Waals surface area (Å²) in [7, 11) is 4.21. The quantitative estimate of drug-likeness (QED) is 0.860. The van der Waals surface area contributed by atoms with E-state index in [1.807, 2.05) is 0 Å². The summed E-state index contributed by atoms with van der Waals surface area (Å²) >= 11 is 5.28. The van der Waals surface area contributed by atoms with Crippen molar-refractivity contribution in [1.82, 2.24) is 10.2 Å². The molecule has 1 heterocycles. The van der Waals surface area contributed by atoms with Crippen molar-refractivity contribution in [1.29, 1.82) is 0 Å². The third-order valence-electron chi connectivity index (χ3n) is 2.85. The van der Waals surface area contributed by atoms with Gasteiger partial charge >= 0.3 is 0 Å². The maximum Gasteiger partial charge on any atom is 0.0701 e. The zero-order valence-corrected chi connectivity index (χ0v) is 13.7. The van der Waals surface area contributed by atoms with Crippen molar-refractivity contribution in [3.8, 4) is 0 Å². The Morgan fingerprint density at radius 2 is 1.79 bits per heavy atom. The van der Waals surface area contributed by atoms with E-state index in [1.54, 1.807) is 11.3 Å². The van der Waals surface area contributed by atoms with Gasteiger partial charge in [0, 0.05) is 24.5 Å². The van der Waals surface area contributed by atoms with Gasteiger partial charge in [-0.25, -0.2) is 0 Å². The smallest absolute Gasteiger partial charge is 0.0701 e. The standard InChI is InChI=1S/C15H19BrN2S/c1-18(2)11-13-6-4-3-5-12(13)9-17-10-14-7-8-15(16)19-14/h3-8,17H,9-11H2,1-2H3. The Balaban J connectivity index is 1.92. The summed E-state index contributed by atoms with van der Waals surface area (Å²) in [6, 6.07) is 12.9. The van der Waals surface area contributed by atoms with Gasteiger partial charge in [-0.3, -0.25) is 0 Å². The molecular formula is C15H19BrN2S. The van der Waals surface area contributed by atoms with E-state index >= 15 is 0 Å². The Kier molecular flexibility index (Phi) is 5.58. The molecule has 0 aliphatic rings. The number of rotatable bonds is 6. The summed E-state index contributed by atoms with van der Waals surface area (Å²) in [6.45, 7) is 2.83. The van der Waals surface area contributed by atoms with Crippen LogP contribution in [0.1, 0.15) is 16.0 Å². The minimum Gasteiger partial charge on any atom is -0.308 e. The second kappa shape index (κ2) is 7.20. The molecule has 0 aliphatic heterocycles. The van der Waals surface area contributed by atoms with Gasteiger partial charge in [-0.1, -0.05) is 24.3 Å². The first kappa shape index (κ1) is 14.7. The molecule has 0 amide bonds. The molecule has 0 saturated heterocycles. The summed E-state index contributed by atoms with van der Waals surface area (Å²) in [5, 5.41) is 3.52. The van der Waals surface area contributed by atoms with Crippen LogP contribution in [0.5, 0.6) is 0 Å².